The molecule has 150 valence electrons. The number of alkyl halides is 3. The fraction of sp³-hybridized carbons (Fsp3) is 0.111. The van der Waals surface area contributed by atoms with Crippen LogP contribution in [0, 0.1) is 12.7 Å². The monoisotopic (exact) mass is 407 g/mol. The van der Waals surface area contributed by atoms with E-state index in [9.17, 15) is 27.2 Å². The average molecular weight is 407 g/mol. The minimum absolute atomic E-state index is 0.130. The molecule has 0 spiro atoms. The Labute approximate surface area is 161 Å². The van der Waals surface area contributed by atoms with Crippen LogP contribution in [-0.2, 0) is 6.18 Å². The molecule has 2 aromatic carbocycles. The smallest absolute Gasteiger partial charge is 0.366 e. The lowest BCUT2D eigenvalue weighted by molar-refractivity contribution is -0.143. The van der Waals surface area contributed by atoms with Gasteiger partial charge in [0, 0.05) is 11.3 Å². The molecule has 0 saturated carbocycles. The number of aromatic nitrogens is 3. The highest BCUT2D eigenvalue weighted by atomic mass is 19.4. The second-order valence-corrected chi connectivity index (χ2v) is 6.02. The minimum Gasteiger partial charge on any atom is -0.366 e. The van der Waals surface area contributed by atoms with E-state index in [1.165, 1.54) is 30.3 Å². The molecule has 29 heavy (non-hydrogen) atoms. The van der Waals surface area contributed by atoms with Crippen molar-refractivity contribution in [3.8, 4) is 5.69 Å². The topological polar surface area (TPSA) is 103 Å². The molecule has 11 heteroatoms. The van der Waals surface area contributed by atoms with Crippen LogP contribution in [-0.4, -0.2) is 26.8 Å². The zero-order valence-corrected chi connectivity index (χ0v) is 14.8. The number of benzene rings is 2. The highest BCUT2D eigenvalue weighted by Crippen LogP contribution is 2.33. The van der Waals surface area contributed by atoms with Gasteiger partial charge in [0.1, 0.15) is 5.82 Å². The van der Waals surface area contributed by atoms with Crippen LogP contribution in [0.25, 0.3) is 5.69 Å². The van der Waals surface area contributed by atoms with Crippen LogP contribution in [0.15, 0.2) is 42.5 Å². The molecule has 0 atom stereocenters. The van der Waals surface area contributed by atoms with Gasteiger partial charge in [0.25, 0.3) is 5.91 Å². The van der Waals surface area contributed by atoms with Gasteiger partial charge in [-0.1, -0.05) is 11.3 Å². The lowest BCUT2D eigenvalue weighted by Crippen LogP contribution is -2.21. The summed E-state index contributed by atoms with van der Waals surface area (Å²) in [5.41, 5.74) is 3.27. The lowest BCUT2D eigenvalue weighted by atomic mass is 10.1. The molecule has 0 unspecified atom stereocenters. The van der Waals surface area contributed by atoms with Crippen LogP contribution in [0.5, 0.6) is 0 Å². The molecule has 0 aliphatic heterocycles. The molecule has 1 heterocycles. The Balaban J connectivity index is 1.99. The molecule has 0 saturated heterocycles. The van der Waals surface area contributed by atoms with Crippen molar-refractivity contribution in [2.24, 2.45) is 5.73 Å². The van der Waals surface area contributed by atoms with E-state index in [0.717, 1.165) is 12.1 Å². The molecular formula is C18H13F4N5O2. The highest BCUT2D eigenvalue weighted by molar-refractivity contribution is 6.04. The van der Waals surface area contributed by atoms with Gasteiger partial charge < -0.3 is 11.1 Å². The zero-order valence-electron chi connectivity index (χ0n) is 14.8. The predicted molar refractivity (Wildman–Crippen MR) is 94.0 cm³/mol. The first kappa shape index (κ1) is 20.0. The van der Waals surface area contributed by atoms with E-state index >= 15 is 0 Å². The Kier molecular flexibility index (Phi) is 5.06. The fourth-order valence-corrected chi connectivity index (χ4v) is 2.69. The zero-order chi connectivity index (χ0) is 21.3. The molecule has 0 bridgehead atoms. The van der Waals surface area contributed by atoms with E-state index in [2.05, 4.69) is 15.6 Å². The van der Waals surface area contributed by atoms with Gasteiger partial charge in [-0.3, -0.25) is 9.59 Å². The molecule has 3 aromatic rings. The molecule has 0 aliphatic rings. The number of rotatable bonds is 4. The summed E-state index contributed by atoms with van der Waals surface area (Å²) in [6.07, 6.45) is -4.99. The number of carbonyl (C=O) groups is 2. The van der Waals surface area contributed by atoms with Gasteiger partial charge in [-0.15, -0.1) is 5.10 Å². The van der Waals surface area contributed by atoms with Crippen molar-refractivity contribution in [3.63, 3.8) is 0 Å². The first-order valence-corrected chi connectivity index (χ1v) is 8.08. The van der Waals surface area contributed by atoms with Gasteiger partial charge in [-0.25, -0.2) is 9.07 Å². The minimum atomic E-state index is -4.99. The maximum absolute atomic E-state index is 13.6. The maximum atomic E-state index is 13.6. The van der Waals surface area contributed by atoms with Gasteiger partial charge in [-0.2, -0.15) is 13.2 Å². The quantitative estimate of drug-likeness (QED) is 0.649. The van der Waals surface area contributed by atoms with Gasteiger partial charge in [0.2, 0.25) is 5.91 Å². The Bertz CT molecular complexity index is 1110. The van der Waals surface area contributed by atoms with Crippen molar-refractivity contribution in [3.05, 3.63) is 70.8 Å². The fourth-order valence-electron chi connectivity index (χ4n) is 2.69. The molecule has 0 aliphatic carbocycles. The van der Waals surface area contributed by atoms with E-state index in [1.807, 2.05) is 0 Å². The number of nitrogens with zero attached hydrogens (tertiary/aromatic N) is 3. The SMILES string of the molecule is Cc1cc(NC(=O)c2nnn(-c3cccc(F)c3)c2C(F)(F)F)ccc1C(N)=O. The van der Waals surface area contributed by atoms with Crippen molar-refractivity contribution in [1.82, 2.24) is 15.0 Å². The Morgan fingerprint density at radius 2 is 1.86 bits per heavy atom. The molecule has 0 radical (unpaired) electrons. The van der Waals surface area contributed by atoms with E-state index < -0.39 is 35.2 Å². The molecule has 0 fully saturated rings. The molecule has 3 N–H and O–H groups in total. The number of nitrogens with one attached hydrogen (secondary N) is 1. The van der Waals surface area contributed by atoms with Gasteiger partial charge in [-0.05, 0) is 48.9 Å². The predicted octanol–water partition coefficient (Wildman–Crippen LogP) is 3.08. The largest absolute Gasteiger partial charge is 0.435 e. The van der Waals surface area contributed by atoms with Crippen LogP contribution in [0.1, 0.15) is 32.1 Å². The maximum Gasteiger partial charge on any atom is 0.435 e. The van der Waals surface area contributed by atoms with Crippen LogP contribution >= 0.6 is 0 Å². The number of aryl methyl sites for hydroxylation is 1. The lowest BCUT2D eigenvalue weighted by Gasteiger charge is -2.12. The number of anilines is 1. The van der Waals surface area contributed by atoms with Crippen molar-refractivity contribution < 1.29 is 27.2 Å². The summed E-state index contributed by atoms with van der Waals surface area (Å²) in [6.45, 7) is 1.55. The standard InChI is InChI=1S/C18H13F4N5O2/c1-9-7-11(5-6-13(9)16(23)28)24-17(29)14-15(18(20,21)22)27(26-25-14)12-4-2-3-10(19)8-12/h2-8H,1H3,(H2,23,28)(H,24,29). The first-order valence-electron chi connectivity index (χ1n) is 8.08. The summed E-state index contributed by atoms with van der Waals surface area (Å²) in [6, 6.07) is 8.31. The van der Waals surface area contributed by atoms with Crippen LogP contribution in [0.4, 0.5) is 23.2 Å². The van der Waals surface area contributed by atoms with Gasteiger partial charge in [0.05, 0.1) is 5.69 Å². The Hall–Kier alpha value is -3.76. The molecule has 1 aromatic heterocycles. The van der Waals surface area contributed by atoms with Crippen LogP contribution in [0.2, 0.25) is 0 Å². The number of amides is 2. The summed E-state index contributed by atoms with van der Waals surface area (Å²) in [5.74, 6) is -2.63. The summed E-state index contributed by atoms with van der Waals surface area (Å²) in [7, 11) is 0. The van der Waals surface area contributed by atoms with Crippen LogP contribution < -0.4 is 11.1 Å². The average Bonchev–Trinajstić information content (AvgIpc) is 3.07. The number of carbonyl (C=O) groups excluding carboxylic acids is 2. The first-order chi connectivity index (χ1) is 13.6. The molecular weight excluding hydrogens is 394 g/mol. The van der Waals surface area contributed by atoms with Crippen LogP contribution in [0.3, 0.4) is 0 Å². The summed E-state index contributed by atoms with van der Waals surface area (Å²) in [4.78, 5) is 23.7. The van der Waals surface area contributed by atoms with Crippen molar-refractivity contribution in [2.75, 3.05) is 5.32 Å². The second kappa shape index (κ2) is 7.34. The van der Waals surface area contributed by atoms with Crippen molar-refractivity contribution in [1.29, 1.82) is 0 Å². The third-order valence-corrected chi connectivity index (χ3v) is 3.96. The number of halogens is 4. The van der Waals surface area contributed by atoms with Crippen molar-refractivity contribution in [2.45, 2.75) is 13.1 Å². The number of hydrogen-bond donors (Lipinski definition) is 2. The summed E-state index contributed by atoms with van der Waals surface area (Å²) in [5, 5.41) is 8.98. The molecule has 3 rings (SSSR count). The van der Waals surface area contributed by atoms with E-state index in [4.69, 9.17) is 5.73 Å². The normalized spacial score (nSPS) is 11.3. The summed E-state index contributed by atoms with van der Waals surface area (Å²) >= 11 is 0. The Morgan fingerprint density at radius 1 is 1.14 bits per heavy atom. The van der Waals surface area contributed by atoms with Gasteiger partial charge >= 0.3 is 6.18 Å². The van der Waals surface area contributed by atoms with E-state index in [-0.39, 0.29) is 16.9 Å². The van der Waals surface area contributed by atoms with E-state index in [0.29, 0.717) is 10.2 Å². The van der Waals surface area contributed by atoms with Gasteiger partial charge in [0.15, 0.2) is 11.4 Å². The highest BCUT2D eigenvalue weighted by Gasteiger charge is 2.42. The van der Waals surface area contributed by atoms with E-state index in [1.54, 1.807) is 6.92 Å². The van der Waals surface area contributed by atoms with Crippen molar-refractivity contribution >= 4 is 17.5 Å². The third-order valence-electron chi connectivity index (χ3n) is 3.96. The Morgan fingerprint density at radius 3 is 2.45 bits per heavy atom. The number of hydrogen-bond acceptors (Lipinski definition) is 4. The third kappa shape index (κ3) is 4.08. The number of nitrogens with two attached hydrogens (primary N) is 1. The molecule has 7 nitrogen and oxygen atoms in total. The summed E-state index contributed by atoms with van der Waals surface area (Å²) < 4.78 is 54.6. The second-order valence-electron chi connectivity index (χ2n) is 6.02. The molecule has 2 amide bonds. The number of primary amides is 1.